The normalized spacial score (nSPS) is 14.9. The van der Waals surface area contributed by atoms with Crippen LogP contribution in [0.1, 0.15) is 39.0 Å². The van der Waals surface area contributed by atoms with E-state index in [4.69, 9.17) is 25.3 Å². The van der Waals surface area contributed by atoms with Crippen LogP contribution < -0.4 is 15.1 Å². The zero-order valence-electron chi connectivity index (χ0n) is 19.1. The standard InChI is InChI=1S/C28H19ClN2O5/c1-16-13-23(30-36-16)31-25(24-26(32)20-10-3-5-12-22(20)35-27(24)28(31)33)17-8-6-9-19(14-17)34-15-18-7-2-4-11-21(18)29/h2-14,25H,15H2,1H3/t25-/m1/s1. The maximum atomic E-state index is 13.6. The average molecular weight is 499 g/mol. The van der Waals surface area contributed by atoms with Crippen LogP contribution in [-0.4, -0.2) is 11.1 Å². The number of para-hydroxylation sites is 1. The third kappa shape index (κ3) is 3.65. The first-order chi connectivity index (χ1) is 17.5. The lowest BCUT2D eigenvalue weighted by Crippen LogP contribution is -2.29. The van der Waals surface area contributed by atoms with Gasteiger partial charge >= 0.3 is 0 Å². The second kappa shape index (κ2) is 8.70. The molecule has 0 unspecified atom stereocenters. The molecular weight excluding hydrogens is 480 g/mol. The minimum atomic E-state index is -0.776. The number of aromatic nitrogens is 1. The van der Waals surface area contributed by atoms with Gasteiger partial charge in [0.05, 0.1) is 17.0 Å². The number of amides is 1. The molecule has 3 heterocycles. The van der Waals surface area contributed by atoms with E-state index in [2.05, 4.69) is 5.16 Å². The van der Waals surface area contributed by atoms with E-state index in [0.29, 0.717) is 38.9 Å². The van der Waals surface area contributed by atoms with Gasteiger partial charge in [0.25, 0.3) is 5.91 Å². The summed E-state index contributed by atoms with van der Waals surface area (Å²) in [7, 11) is 0. The Labute approximate surface area is 210 Å². The monoisotopic (exact) mass is 498 g/mol. The molecule has 0 fully saturated rings. The van der Waals surface area contributed by atoms with Crippen LogP contribution in [-0.2, 0) is 6.61 Å². The molecule has 3 aromatic carbocycles. The summed E-state index contributed by atoms with van der Waals surface area (Å²) in [6.45, 7) is 2.00. The summed E-state index contributed by atoms with van der Waals surface area (Å²) in [5.74, 6) is 0.920. The number of aryl methyl sites for hydroxylation is 1. The first-order valence-electron chi connectivity index (χ1n) is 11.3. The molecule has 0 bridgehead atoms. The first-order valence-corrected chi connectivity index (χ1v) is 11.7. The molecule has 2 aromatic heterocycles. The van der Waals surface area contributed by atoms with Gasteiger partial charge in [-0.3, -0.25) is 14.5 Å². The van der Waals surface area contributed by atoms with Crippen LogP contribution in [0.15, 0.2) is 92.6 Å². The van der Waals surface area contributed by atoms with Crippen molar-refractivity contribution in [2.24, 2.45) is 0 Å². The molecule has 0 spiro atoms. The molecular formula is C28H19ClN2O5. The van der Waals surface area contributed by atoms with Crippen LogP contribution in [0.3, 0.4) is 0 Å². The number of halogens is 1. The minimum absolute atomic E-state index is 0.00765. The number of carbonyl (C=O) groups excluding carboxylic acids is 1. The Kier molecular flexibility index (Phi) is 5.34. The lowest BCUT2D eigenvalue weighted by Gasteiger charge is -2.23. The van der Waals surface area contributed by atoms with E-state index in [1.54, 1.807) is 49.4 Å². The molecule has 1 amide bonds. The Morgan fingerprint density at radius 1 is 1.00 bits per heavy atom. The summed E-state index contributed by atoms with van der Waals surface area (Å²) in [4.78, 5) is 28.6. The zero-order chi connectivity index (χ0) is 24.8. The Bertz CT molecular complexity index is 1690. The van der Waals surface area contributed by atoms with Gasteiger partial charge in [0.15, 0.2) is 11.2 Å². The van der Waals surface area contributed by atoms with Gasteiger partial charge in [0.2, 0.25) is 5.76 Å². The third-order valence-electron chi connectivity index (χ3n) is 6.17. The van der Waals surface area contributed by atoms with E-state index in [-0.39, 0.29) is 23.4 Å². The molecule has 0 saturated heterocycles. The van der Waals surface area contributed by atoms with Crippen molar-refractivity contribution >= 4 is 34.3 Å². The van der Waals surface area contributed by atoms with Crippen molar-refractivity contribution in [1.82, 2.24) is 5.16 Å². The van der Waals surface area contributed by atoms with Crippen molar-refractivity contribution < 1.29 is 18.5 Å². The highest BCUT2D eigenvalue weighted by Crippen LogP contribution is 2.41. The van der Waals surface area contributed by atoms with Crippen molar-refractivity contribution in [3.8, 4) is 5.75 Å². The number of benzene rings is 3. The molecule has 0 radical (unpaired) electrons. The van der Waals surface area contributed by atoms with E-state index in [0.717, 1.165) is 5.56 Å². The minimum Gasteiger partial charge on any atom is -0.489 e. The maximum Gasteiger partial charge on any atom is 0.296 e. The second-order valence-corrected chi connectivity index (χ2v) is 8.90. The topological polar surface area (TPSA) is 85.8 Å². The molecule has 0 aliphatic carbocycles. The van der Waals surface area contributed by atoms with Crippen LogP contribution in [0.25, 0.3) is 11.0 Å². The van der Waals surface area contributed by atoms with E-state index in [1.165, 1.54) is 4.90 Å². The number of ether oxygens (including phenoxy) is 1. The van der Waals surface area contributed by atoms with Gasteiger partial charge in [0.1, 0.15) is 23.7 Å². The fraction of sp³-hybridized carbons (Fsp3) is 0.107. The summed E-state index contributed by atoms with van der Waals surface area (Å²) in [5, 5.41) is 5.07. The van der Waals surface area contributed by atoms with Crippen LogP contribution in [0.5, 0.6) is 5.75 Å². The molecule has 1 aliphatic rings. The number of hydrogen-bond donors (Lipinski definition) is 0. The Balaban J connectivity index is 1.47. The average Bonchev–Trinajstić information content (AvgIpc) is 3.44. The lowest BCUT2D eigenvalue weighted by molar-refractivity contribution is 0.0969. The van der Waals surface area contributed by atoms with Crippen molar-refractivity contribution in [1.29, 1.82) is 0 Å². The van der Waals surface area contributed by atoms with E-state index >= 15 is 0 Å². The zero-order valence-corrected chi connectivity index (χ0v) is 19.9. The van der Waals surface area contributed by atoms with Crippen LogP contribution in [0, 0.1) is 6.92 Å². The van der Waals surface area contributed by atoms with Crippen LogP contribution >= 0.6 is 11.6 Å². The second-order valence-electron chi connectivity index (χ2n) is 8.50. The largest absolute Gasteiger partial charge is 0.489 e. The summed E-state index contributed by atoms with van der Waals surface area (Å²) < 4.78 is 17.2. The summed E-state index contributed by atoms with van der Waals surface area (Å²) >= 11 is 6.27. The van der Waals surface area contributed by atoms with Crippen molar-refractivity contribution in [2.45, 2.75) is 19.6 Å². The quantitative estimate of drug-likeness (QED) is 0.292. The molecule has 1 atom stereocenters. The SMILES string of the molecule is Cc1cc(N2C(=O)c3oc4ccccc4c(=O)c3[C@H]2c2cccc(OCc3ccccc3Cl)c2)no1. The summed E-state index contributed by atoms with van der Waals surface area (Å²) in [6.07, 6.45) is 0. The molecule has 0 saturated carbocycles. The molecule has 7 nitrogen and oxygen atoms in total. The predicted molar refractivity (Wildman–Crippen MR) is 135 cm³/mol. The van der Waals surface area contributed by atoms with E-state index in [1.807, 2.05) is 36.4 Å². The predicted octanol–water partition coefficient (Wildman–Crippen LogP) is 6.07. The molecule has 8 heteroatoms. The maximum absolute atomic E-state index is 13.6. The molecule has 0 N–H and O–H groups in total. The first kappa shape index (κ1) is 22.1. The fourth-order valence-electron chi connectivity index (χ4n) is 4.49. The number of nitrogens with zero attached hydrogens (tertiary/aromatic N) is 2. The highest BCUT2D eigenvalue weighted by molar-refractivity contribution is 6.31. The lowest BCUT2D eigenvalue weighted by atomic mass is 9.98. The number of rotatable bonds is 5. The Hall–Kier alpha value is -4.36. The summed E-state index contributed by atoms with van der Waals surface area (Å²) in [5.41, 5.74) is 1.85. The molecule has 6 rings (SSSR count). The number of fused-ring (bicyclic) bond motifs is 2. The van der Waals surface area contributed by atoms with Gasteiger partial charge in [-0.25, -0.2) is 0 Å². The van der Waals surface area contributed by atoms with Crippen molar-refractivity contribution in [2.75, 3.05) is 4.90 Å². The Morgan fingerprint density at radius 3 is 2.61 bits per heavy atom. The van der Waals surface area contributed by atoms with Gasteiger partial charge in [-0.15, -0.1) is 0 Å². The van der Waals surface area contributed by atoms with Crippen molar-refractivity contribution in [3.63, 3.8) is 0 Å². The third-order valence-corrected chi connectivity index (χ3v) is 6.53. The van der Waals surface area contributed by atoms with Gasteiger partial charge in [-0.05, 0) is 42.8 Å². The highest BCUT2D eigenvalue weighted by Gasteiger charge is 2.45. The van der Waals surface area contributed by atoms with Gasteiger partial charge in [-0.2, -0.15) is 0 Å². The number of carbonyl (C=O) groups is 1. The smallest absolute Gasteiger partial charge is 0.296 e. The van der Waals surface area contributed by atoms with Gasteiger partial charge in [-0.1, -0.05) is 59.2 Å². The molecule has 5 aromatic rings. The highest BCUT2D eigenvalue weighted by atomic mass is 35.5. The fourth-order valence-corrected chi connectivity index (χ4v) is 4.68. The van der Waals surface area contributed by atoms with Gasteiger partial charge < -0.3 is 13.7 Å². The molecule has 178 valence electrons. The van der Waals surface area contributed by atoms with E-state index in [9.17, 15) is 9.59 Å². The van der Waals surface area contributed by atoms with E-state index < -0.39 is 11.9 Å². The van der Waals surface area contributed by atoms with Crippen LogP contribution in [0.4, 0.5) is 5.82 Å². The number of hydrogen-bond acceptors (Lipinski definition) is 6. The van der Waals surface area contributed by atoms with Crippen molar-refractivity contribution in [3.05, 3.63) is 122 Å². The van der Waals surface area contributed by atoms with Crippen LogP contribution in [0.2, 0.25) is 5.02 Å². The summed E-state index contributed by atoms with van der Waals surface area (Å²) in [6, 6.07) is 22.5. The molecule has 1 aliphatic heterocycles. The van der Waals surface area contributed by atoms with Gasteiger partial charge in [0, 0.05) is 16.7 Å². The Morgan fingerprint density at radius 2 is 1.81 bits per heavy atom. The molecule has 36 heavy (non-hydrogen) atoms. The number of anilines is 1.